The third-order valence-corrected chi connectivity index (χ3v) is 5.84. The lowest BCUT2D eigenvalue weighted by Crippen LogP contribution is -2.42. The molecule has 0 aromatic rings. The van der Waals surface area contributed by atoms with Crippen LogP contribution in [0.4, 0.5) is 0 Å². The summed E-state index contributed by atoms with van der Waals surface area (Å²) in [6.07, 6.45) is 2.40. The number of aliphatic hydroxyl groups excluding tert-OH is 1. The Hall–Kier alpha value is 0.580. The van der Waals surface area contributed by atoms with Crippen LogP contribution in [0.15, 0.2) is 0 Å². The topological polar surface area (TPSA) is 35.5 Å². The fourth-order valence-corrected chi connectivity index (χ4v) is 4.83. The van der Waals surface area contributed by atoms with Crippen LogP contribution in [0, 0.1) is 0 Å². The van der Waals surface area contributed by atoms with Crippen molar-refractivity contribution in [2.45, 2.75) is 25.0 Å². The standard InChI is InChI=1S/C12H24N2OS2/c15-12(8-14-3-1-2-4-14)7-13-11-9-16-5-6-17-10-11/h11-13,15H,1-10H2. The number of hydrogen-bond donors (Lipinski definition) is 2. The zero-order chi connectivity index (χ0) is 11.9. The van der Waals surface area contributed by atoms with E-state index in [1.54, 1.807) is 0 Å². The first-order chi connectivity index (χ1) is 8.34. The molecular weight excluding hydrogens is 252 g/mol. The highest BCUT2D eigenvalue weighted by atomic mass is 32.2. The smallest absolute Gasteiger partial charge is 0.0791 e. The van der Waals surface area contributed by atoms with Gasteiger partial charge in [-0.2, -0.15) is 23.5 Å². The van der Waals surface area contributed by atoms with Gasteiger partial charge in [0.15, 0.2) is 0 Å². The van der Waals surface area contributed by atoms with Crippen molar-refractivity contribution in [3.05, 3.63) is 0 Å². The first-order valence-electron chi connectivity index (χ1n) is 6.64. The lowest BCUT2D eigenvalue weighted by molar-refractivity contribution is 0.122. The number of nitrogens with one attached hydrogen (secondary N) is 1. The maximum atomic E-state index is 9.99. The fraction of sp³-hybridized carbons (Fsp3) is 1.00. The van der Waals surface area contributed by atoms with Crippen molar-refractivity contribution in [2.75, 3.05) is 49.2 Å². The van der Waals surface area contributed by atoms with Crippen LogP contribution >= 0.6 is 23.5 Å². The minimum Gasteiger partial charge on any atom is -0.390 e. The number of thioether (sulfide) groups is 2. The Labute approximate surface area is 113 Å². The van der Waals surface area contributed by atoms with E-state index < -0.39 is 0 Å². The molecule has 17 heavy (non-hydrogen) atoms. The second-order valence-corrected chi connectivity index (χ2v) is 7.22. The Balaban J connectivity index is 1.59. The van der Waals surface area contributed by atoms with Gasteiger partial charge >= 0.3 is 0 Å². The molecule has 2 rings (SSSR count). The molecule has 0 aliphatic carbocycles. The van der Waals surface area contributed by atoms with Crippen LogP contribution in [0.2, 0.25) is 0 Å². The SMILES string of the molecule is OC(CNC1CSCCSC1)CN1CCCC1. The van der Waals surface area contributed by atoms with Crippen molar-refractivity contribution in [1.29, 1.82) is 0 Å². The van der Waals surface area contributed by atoms with Gasteiger partial charge in [0.2, 0.25) is 0 Å². The van der Waals surface area contributed by atoms with Gasteiger partial charge < -0.3 is 15.3 Å². The van der Waals surface area contributed by atoms with Crippen LogP contribution in [0.5, 0.6) is 0 Å². The van der Waals surface area contributed by atoms with Crippen LogP contribution in [0.1, 0.15) is 12.8 Å². The van der Waals surface area contributed by atoms with E-state index in [-0.39, 0.29) is 6.10 Å². The molecule has 2 aliphatic rings. The van der Waals surface area contributed by atoms with E-state index >= 15 is 0 Å². The summed E-state index contributed by atoms with van der Waals surface area (Å²) < 4.78 is 0. The summed E-state index contributed by atoms with van der Waals surface area (Å²) in [4.78, 5) is 2.38. The van der Waals surface area contributed by atoms with Crippen LogP contribution < -0.4 is 5.32 Å². The monoisotopic (exact) mass is 276 g/mol. The molecule has 2 heterocycles. The van der Waals surface area contributed by atoms with E-state index in [1.165, 1.54) is 48.9 Å². The lowest BCUT2D eigenvalue weighted by atomic mass is 10.3. The molecule has 0 spiro atoms. The first kappa shape index (κ1) is 14.0. The molecule has 0 radical (unpaired) electrons. The van der Waals surface area contributed by atoms with E-state index in [0.717, 1.165) is 13.1 Å². The Morgan fingerprint density at radius 3 is 2.47 bits per heavy atom. The summed E-state index contributed by atoms with van der Waals surface area (Å²) in [5, 5.41) is 13.5. The quantitative estimate of drug-likeness (QED) is 0.779. The zero-order valence-corrected chi connectivity index (χ0v) is 12.1. The molecule has 2 N–H and O–H groups in total. The number of nitrogens with zero attached hydrogens (tertiary/aromatic N) is 1. The van der Waals surface area contributed by atoms with Gasteiger partial charge in [0, 0.05) is 42.1 Å². The molecule has 1 atom stereocenters. The largest absolute Gasteiger partial charge is 0.390 e. The normalized spacial score (nSPS) is 25.9. The van der Waals surface area contributed by atoms with Crippen LogP contribution in [0.3, 0.4) is 0 Å². The van der Waals surface area contributed by atoms with Gasteiger partial charge in [-0.15, -0.1) is 0 Å². The van der Waals surface area contributed by atoms with Gasteiger partial charge in [0.1, 0.15) is 0 Å². The minimum absolute atomic E-state index is 0.202. The average molecular weight is 276 g/mol. The Morgan fingerprint density at radius 2 is 1.82 bits per heavy atom. The number of aliphatic hydroxyl groups is 1. The highest BCUT2D eigenvalue weighted by molar-refractivity contribution is 8.03. The molecule has 3 nitrogen and oxygen atoms in total. The van der Waals surface area contributed by atoms with Gasteiger partial charge in [-0.25, -0.2) is 0 Å². The van der Waals surface area contributed by atoms with Crippen molar-refractivity contribution in [3.63, 3.8) is 0 Å². The first-order valence-corrected chi connectivity index (χ1v) is 8.95. The molecule has 0 amide bonds. The predicted molar refractivity (Wildman–Crippen MR) is 78.1 cm³/mol. The molecule has 2 saturated heterocycles. The third kappa shape index (κ3) is 5.39. The number of rotatable bonds is 5. The maximum Gasteiger partial charge on any atom is 0.0791 e. The summed E-state index contributed by atoms with van der Waals surface area (Å²) in [6.45, 7) is 3.95. The molecule has 0 saturated carbocycles. The third-order valence-electron chi connectivity index (χ3n) is 3.32. The van der Waals surface area contributed by atoms with Crippen LogP contribution in [0.25, 0.3) is 0 Å². The fourth-order valence-electron chi connectivity index (χ4n) is 2.37. The van der Waals surface area contributed by atoms with Crippen molar-refractivity contribution in [3.8, 4) is 0 Å². The van der Waals surface area contributed by atoms with Gasteiger partial charge in [-0.1, -0.05) is 0 Å². The summed E-state index contributed by atoms with van der Waals surface area (Å²) >= 11 is 4.07. The molecule has 2 fully saturated rings. The Morgan fingerprint density at radius 1 is 1.18 bits per heavy atom. The molecule has 0 aromatic heterocycles. The minimum atomic E-state index is -0.202. The molecule has 0 aromatic carbocycles. The zero-order valence-electron chi connectivity index (χ0n) is 10.4. The van der Waals surface area contributed by atoms with Crippen molar-refractivity contribution < 1.29 is 5.11 Å². The van der Waals surface area contributed by atoms with Crippen LogP contribution in [-0.2, 0) is 0 Å². The van der Waals surface area contributed by atoms with E-state index in [2.05, 4.69) is 10.2 Å². The number of β-amino-alcohol motifs (C(OH)–C–C–N with tert-alkyl or cyclic N) is 1. The maximum absolute atomic E-state index is 9.99. The van der Waals surface area contributed by atoms with Gasteiger partial charge in [0.05, 0.1) is 6.10 Å². The van der Waals surface area contributed by atoms with Gasteiger partial charge in [-0.3, -0.25) is 0 Å². The second-order valence-electron chi connectivity index (χ2n) is 4.92. The summed E-state index contributed by atoms with van der Waals surface area (Å²) in [7, 11) is 0. The highest BCUT2D eigenvalue weighted by Crippen LogP contribution is 2.16. The Bertz CT molecular complexity index is 205. The van der Waals surface area contributed by atoms with Gasteiger partial charge in [0.25, 0.3) is 0 Å². The molecule has 0 bridgehead atoms. The highest BCUT2D eigenvalue weighted by Gasteiger charge is 2.17. The molecule has 1 unspecified atom stereocenters. The van der Waals surface area contributed by atoms with E-state index in [4.69, 9.17) is 0 Å². The van der Waals surface area contributed by atoms with E-state index in [1.807, 2.05) is 23.5 Å². The molecular formula is C12H24N2OS2. The predicted octanol–water partition coefficient (Wildman–Crippen LogP) is 0.881. The van der Waals surface area contributed by atoms with Crippen LogP contribution in [-0.4, -0.2) is 71.3 Å². The lowest BCUT2D eigenvalue weighted by Gasteiger charge is -2.22. The second kappa shape index (κ2) is 7.89. The van der Waals surface area contributed by atoms with E-state index in [0.29, 0.717) is 6.04 Å². The summed E-state index contributed by atoms with van der Waals surface area (Å²) in [6, 6.07) is 0.584. The number of hydrogen-bond acceptors (Lipinski definition) is 5. The number of likely N-dealkylation sites (tertiary alicyclic amines) is 1. The van der Waals surface area contributed by atoms with Crippen molar-refractivity contribution >= 4 is 23.5 Å². The van der Waals surface area contributed by atoms with E-state index in [9.17, 15) is 5.11 Å². The molecule has 100 valence electrons. The van der Waals surface area contributed by atoms with Crippen molar-refractivity contribution in [1.82, 2.24) is 10.2 Å². The van der Waals surface area contributed by atoms with Gasteiger partial charge in [-0.05, 0) is 25.9 Å². The summed E-state index contributed by atoms with van der Waals surface area (Å²) in [5.41, 5.74) is 0. The van der Waals surface area contributed by atoms with Crippen molar-refractivity contribution in [2.24, 2.45) is 0 Å². The average Bonchev–Trinajstić information content (AvgIpc) is 2.68. The summed E-state index contributed by atoms with van der Waals surface area (Å²) in [5.74, 6) is 4.95. The Kier molecular flexibility index (Phi) is 6.50. The molecule has 5 heteroatoms. The molecule has 2 aliphatic heterocycles.